The normalized spacial score (nSPS) is 17.3. The van der Waals surface area contributed by atoms with Crippen LogP contribution in [-0.2, 0) is 0 Å². The van der Waals surface area contributed by atoms with E-state index in [-0.39, 0.29) is 29.2 Å². The van der Waals surface area contributed by atoms with Crippen LogP contribution in [-0.4, -0.2) is 22.7 Å². The van der Waals surface area contributed by atoms with Crippen LogP contribution in [0.2, 0.25) is 5.02 Å². The largest absolute Gasteiger partial charge is 0.508 e. The average molecular weight is 280 g/mol. The summed E-state index contributed by atoms with van der Waals surface area (Å²) in [7, 11) is 0. The number of benzene rings is 1. The third-order valence-corrected chi connectivity index (χ3v) is 3.17. The van der Waals surface area contributed by atoms with E-state index in [1.54, 1.807) is 0 Å². The highest BCUT2D eigenvalue weighted by Crippen LogP contribution is 2.49. The van der Waals surface area contributed by atoms with E-state index >= 15 is 0 Å². The molecular formula is C11H9ClF3NO2. The Kier molecular flexibility index (Phi) is 2.93. The van der Waals surface area contributed by atoms with Crippen LogP contribution in [0.3, 0.4) is 0 Å². The molecule has 18 heavy (non-hydrogen) atoms. The van der Waals surface area contributed by atoms with Crippen molar-refractivity contribution in [2.45, 2.75) is 24.6 Å². The van der Waals surface area contributed by atoms with Gasteiger partial charge in [-0.1, -0.05) is 11.6 Å². The number of phenols is 1. The van der Waals surface area contributed by atoms with Gasteiger partial charge in [0.15, 0.2) is 0 Å². The molecule has 0 radical (unpaired) electrons. The highest BCUT2D eigenvalue weighted by Gasteiger charge is 2.64. The minimum atomic E-state index is -4.48. The maximum Gasteiger partial charge on any atom is 0.411 e. The zero-order valence-corrected chi connectivity index (χ0v) is 9.77. The van der Waals surface area contributed by atoms with Crippen molar-refractivity contribution in [3.8, 4) is 5.75 Å². The molecule has 3 nitrogen and oxygen atoms in total. The van der Waals surface area contributed by atoms with Crippen LogP contribution < -0.4 is 5.32 Å². The van der Waals surface area contributed by atoms with Crippen molar-refractivity contribution in [1.82, 2.24) is 5.32 Å². The van der Waals surface area contributed by atoms with E-state index in [4.69, 9.17) is 11.6 Å². The Morgan fingerprint density at radius 2 is 2.00 bits per heavy atom. The molecule has 0 saturated heterocycles. The minimum Gasteiger partial charge on any atom is -0.508 e. The van der Waals surface area contributed by atoms with E-state index in [2.05, 4.69) is 0 Å². The summed E-state index contributed by atoms with van der Waals surface area (Å²) in [5, 5.41) is 11.1. The third-order valence-electron chi connectivity index (χ3n) is 2.84. The van der Waals surface area contributed by atoms with Gasteiger partial charge in [-0.25, -0.2) is 0 Å². The molecule has 0 spiro atoms. The van der Waals surface area contributed by atoms with E-state index in [9.17, 15) is 23.1 Å². The number of carbonyl (C=O) groups excluding carboxylic acids is 1. The lowest BCUT2D eigenvalue weighted by Crippen LogP contribution is -2.47. The van der Waals surface area contributed by atoms with Crippen molar-refractivity contribution in [2.24, 2.45) is 0 Å². The SMILES string of the molecule is O=C(NC1(C(F)(F)F)CC1)c1cc(O)ccc1Cl. The summed E-state index contributed by atoms with van der Waals surface area (Å²) in [6.07, 6.45) is -4.76. The number of hydrogen-bond donors (Lipinski definition) is 2. The summed E-state index contributed by atoms with van der Waals surface area (Å²) >= 11 is 5.70. The molecule has 0 atom stereocenters. The summed E-state index contributed by atoms with van der Waals surface area (Å²) in [5.74, 6) is -1.17. The Bertz CT molecular complexity index is 498. The quantitative estimate of drug-likeness (QED) is 0.874. The van der Waals surface area contributed by atoms with Gasteiger partial charge >= 0.3 is 6.18 Å². The molecule has 1 saturated carbocycles. The van der Waals surface area contributed by atoms with Crippen molar-refractivity contribution >= 4 is 17.5 Å². The highest BCUT2D eigenvalue weighted by molar-refractivity contribution is 6.33. The first-order valence-electron chi connectivity index (χ1n) is 5.13. The average Bonchev–Trinajstić information content (AvgIpc) is 3.01. The molecule has 0 aliphatic heterocycles. The molecule has 0 aromatic heterocycles. The van der Waals surface area contributed by atoms with Crippen LogP contribution >= 0.6 is 11.6 Å². The number of halogens is 4. The molecule has 1 aliphatic carbocycles. The van der Waals surface area contributed by atoms with Crippen LogP contribution in [0.1, 0.15) is 23.2 Å². The maximum absolute atomic E-state index is 12.7. The molecule has 7 heteroatoms. The Morgan fingerprint density at radius 1 is 1.39 bits per heavy atom. The Labute approximate surface area is 106 Å². The molecule has 1 aliphatic rings. The van der Waals surface area contributed by atoms with Crippen molar-refractivity contribution in [2.75, 3.05) is 0 Å². The molecule has 1 amide bonds. The molecule has 2 rings (SSSR count). The third kappa shape index (κ3) is 2.25. The van der Waals surface area contributed by atoms with Gasteiger partial charge in [0.25, 0.3) is 5.91 Å². The summed E-state index contributed by atoms with van der Waals surface area (Å²) in [4.78, 5) is 11.7. The fourth-order valence-corrected chi connectivity index (χ4v) is 1.78. The second kappa shape index (κ2) is 4.05. The maximum atomic E-state index is 12.7. The lowest BCUT2D eigenvalue weighted by molar-refractivity contribution is -0.163. The van der Waals surface area contributed by atoms with E-state index in [0.717, 1.165) is 6.07 Å². The molecule has 0 unspecified atom stereocenters. The van der Waals surface area contributed by atoms with Gasteiger partial charge in [0, 0.05) is 0 Å². The van der Waals surface area contributed by atoms with Crippen molar-refractivity contribution in [3.05, 3.63) is 28.8 Å². The Hall–Kier alpha value is -1.43. The lowest BCUT2D eigenvalue weighted by atomic mass is 10.1. The van der Waals surface area contributed by atoms with E-state index in [0.29, 0.717) is 0 Å². The summed E-state index contributed by atoms with van der Waals surface area (Å²) < 4.78 is 38.0. The van der Waals surface area contributed by atoms with Crippen molar-refractivity contribution in [3.63, 3.8) is 0 Å². The van der Waals surface area contributed by atoms with Gasteiger partial charge in [-0.3, -0.25) is 4.79 Å². The second-order valence-electron chi connectivity index (χ2n) is 4.20. The fraction of sp³-hybridized carbons (Fsp3) is 0.364. The molecule has 2 N–H and O–H groups in total. The van der Waals surface area contributed by atoms with Crippen LogP contribution in [0.4, 0.5) is 13.2 Å². The number of nitrogens with one attached hydrogen (secondary N) is 1. The highest BCUT2D eigenvalue weighted by atomic mass is 35.5. The number of amides is 1. The molecule has 0 bridgehead atoms. The summed E-state index contributed by atoms with van der Waals surface area (Å²) in [6, 6.07) is 3.53. The standard InChI is InChI=1S/C11H9ClF3NO2/c12-8-2-1-6(17)5-7(8)9(18)16-10(3-4-10)11(13,14)15/h1-2,5,17H,3-4H2,(H,16,18). The van der Waals surface area contributed by atoms with Gasteiger partial charge in [-0.2, -0.15) is 13.2 Å². The Balaban J connectivity index is 2.21. The van der Waals surface area contributed by atoms with Gasteiger partial charge in [-0.15, -0.1) is 0 Å². The number of rotatable bonds is 2. The van der Waals surface area contributed by atoms with E-state index in [1.165, 1.54) is 12.1 Å². The zero-order chi connectivity index (χ0) is 13.6. The molecule has 98 valence electrons. The predicted octanol–water partition coefficient (Wildman–Crippen LogP) is 2.87. The number of hydrogen-bond acceptors (Lipinski definition) is 2. The first-order valence-corrected chi connectivity index (χ1v) is 5.51. The van der Waals surface area contributed by atoms with Crippen LogP contribution in [0.15, 0.2) is 18.2 Å². The summed E-state index contributed by atoms with van der Waals surface area (Å²) in [5.41, 5.74) is -2.31. The van der Waals surface area contributed by atoms with Crippen LogP contribution in [0.5, 0.6) is 5.75 Å². The van der Waals surface area contributed by atoms with Gasteiger partial charge in [0.05, 0.1) is 10.6 Å². The number of phenolic OH excluding ortho intramolecular Hbond substituents is 1. The smallest absolute Gasteiger partial charge is 0.411 e. The van der Waals surface area contributed by atoms with Crippen LogP contribution in [0.25, 0.3) is 0 Å². The molecular weight excluding hydrogens is 271 g/mol. The second-order valence-corrected chi connectivity index (χ2v) is 4.61. The first-order chi connectivity index (χ1) is 8.25. The molecule has 1 fully saturated rings. The van der Waals surface area contributed by atoms with Gasteiger partial charge in [0.2, 0.25) is 0 Å². The molecule has 0 heterocycles. The van der Waals surface area contributed by atoms with Crippen molar-refractivity contribution in [1.29, 1.82) is 0 Å². The number of carbonyl (C=O) groups is 1. The topological polar surface area (TPSA) is 49.3 Å². The van der Waals surface area contributed by atoms with Gasteiger partial charge in [0.1, 0.15) is 11.3 Å². The first kappa shape index (κ1) is 13.0. The number of alkyl halides is 3. The van der Waals surface area contributed by atoms with Crippen LogP contribution in [0, 0.1) is 0 Å². The van der Waals surface area contributed by atoms with E-state index in [1.807, 2.05) is 5.32 Å². The minimum absolute atomic E-state index is 0.0109. The van der Waals surface area contributed by atoms with Gasteiger partial charge in [-0.05, 0) is 31.0 Å². The van der Waals surface area contributed by atoms with E-state index < -0.39 is 17.6 Å². The molecule has 1 aromatic rings. The Morgan fingerprint density at radius 3 is 2.50 bits per heavy atom. The predicted molar refractivity (Wildman–Crippen MR) is 58.6 cm³/mol. The lowest BCUT2D eigenvalue weighted by Gasteiger charge is -2.21. The summed E-state index contributed by atoms with van der Waals surface area (Å²) in [6.45, 7) is 0. The number of aromatic hydroxyl groups is 1. The monoisotopic (exact) mass is 279 g/mol. The van der Waals surface area contributed by atoms with Crippen molar-refractivity contribution < 1.29 is 23.1 Å². The molecule has 1 aromatic carbocycles. The zero-order valence-electron chi connectivity index (χ0n) is 9.01. The fourth-order valence-electron chi connectivity index (χ4n) is 1.58. The van der Waals surface area contributed by atoms with Gasteiger partial charge < -0.3 is 10.4 Å².